The van der Waals surface area contributed by atoms with Gasteiger partial charge < -0.3 is 9.47 Å². The quantitative estimate of drug-likeness (QED) is 0.776. The summed E-state index contributed by atoms with van der Waals surface area (Å²) in [5.74, 6) is 1.75. The minimum Gasteiger partial charge on any atom is -0.464 e. The van der Waals surface area contributed by atoms with Crippen LogP contribution in [-0.4, -0.2) is 13.4 Å². The Hall–Kier alpha value is -1.02. The fourth-order valence-electron chi connectivity index (χ4n) is 2.01. The monoisotopic (exact) mass is 220 g/mol. The number of hydrogen-bond donors (Lipinski definition) is 0. The molecule has 1 aliphatic heterocycles. The number of fused-ring (bicyclic) bond motifs is 1. The Morgan fingerprint density at radius 1 is 1.44 bits per heavy atom. The molecule has 1 heterocycles. The Balaban J connectivity index is 2.04. The van der Waals surface area contributed by atoms with E-state index >= 15 is 0 Å². The summed E-state index contributed by atoms with van der Waals surface area (Å²) in [7, 11) is 1.69. The molecule has 1 aliphatic rings. The Kier molecular flexibility index (Phi) is 3.49. The van der Waals surface area contributed by atoms with Gasteiger partial charge in [0.1, 0.15) is 5.75 Å². The summed E-state index contributed by atoms with van der Waals surface area (Å²) >= 11 is 0. The van der Waals surface area contributed by atoms with E-state index in [-0.39, 0.29) is 6.29 Å². The molecule has 0 aromatic heterocycles. The van der Waals surface area contributed by atoms with Crippen molar-refractivity contribution < 1.29 is 9.47 Å². The fourth-order valence-corrected chi connectivity index (χ4v) is 2.01. The molecular weight excluding hydrogens is 200 g/mol. The van der Waals surface area contributed by atoms with Crippen LogP contribution in [0.2, 0.25) is 0 Å². The standard InChI is InChI=1S/C14H20O2/c1-10(2)4-5-11-6-7-13-12(8-11)9-14(15-3)16-13/h6-8,10,14H,4-5,9H2,1-3H3. The molecule has 0 spiro atoms. The predicted octanol–water partition coefficient (Wildman–Crippen LogP) is 3.18. The van der Waals surface area contributed by atoms with Crippen LogP contribution >= 0.6 is 0 Å². The van der Waals surface area contributed by atoms with Crippen molar-refractivity contribution in [2.75, 3.05) is 7.11 Å². The van der Waals surface area contributed by atoms with Crippen LogP contribution in [0.4, 0.5) is 0 Å². The first-order valence-electron chi connectivity index (χ1n) is 6.00. The van der Waals surface area contributed by atoms with Crippen LogP contribution < -0.4 is 4.74 Å². The minimum atomic E-state index is -0.0876. The van der Waals surface area contributed by atoms with Crippen molar-refractivity contribution in [2.24, 2.45) is 5.92 Å². The first-order valence-corrected chi connectivity index (χ1v) is 6.00. The third-order valence-electron chi connectivity index (χ3n) is 3.04. The second-order valence-electron chi connectivity index (χ2n) is 4.86. The molecule has 0 N–H and O–H groups in total. The van der Waals surface area contributed by atoms with Crippen molar-refractivity contribution >= 4 is 0 Å². The first-order chi connectivity index (χ1) is 7.69. The zero-order valence-corrected chi connectivity index (χ0v) is 10.3. The third kappa shape index (κ3) is 2.56. The first kappa shape index (κ1) is 11.5. The number of aryl methyl sites for hydroxylation is 1. The van der Waals surface area contributed by atoms with Crippen LogP contribution in [0, 0.1) is 5.92 Å². The number of ether oxygens (including phenoxy) is 2. The summed E-state index contributed by atoms with van der Waals surface area (Å²) in [4.78, 5) is 0. The molecular formula is C14H20O2. The summed E-state index contributed by atoms with van der Waals surface area (Å²) in [5.41, 5.74) is 2.70. The van der Waals surface area contributed by atoms with Crippen molar-refractivity contribution in [3.8, 4) is 5.75 Å². The summed E-state index contributed by atoms with van der Waals surface area (Å²) in [5, 5.41) is 0. The van der Waals surface area contributed by atoms with Gasteiger partial charge in [0, 0.05) is 19.1 Å². The maximum Gasteiger partial charge on any atom is 0.203 e. The Labute approximate surface area is 97.6 Å². The van der Waals surface area contributed by atoms with Gasteiger partial charge in [-0.3, -0.25) is 0 Å². The highest BCUT2D eigenvalue weighted by Gasteiger charge is 2.22. The Bertz CT molecular complexity index is 358. The molecule has 1 aromatic carbocycles. The number of rotatable bonds is 4. The smallest absolute Gasteiger partial charge is 0.203 e. The van der Waals surface area contributed by atoms with Gasteiger partial charge >= 0.3 is 0 Å². The van der Waals surface area contributed by atoms with Crippen LogP contribution in [-0.2, 0) is 17.6 Å². The van der Waals surface area contributed by atoms with Crippen LogP contribution in [0.3, 0.4) is 0 Å². The lowest BCUT2D eigenvalue weighted by Gasteiger charge is -2.07. The average Bonchev–Trinajstić information content (AvgIpc) is 2.68. The van der Waals surface area contributed by atoms with E-state index in [4.69, 9.17) is 9.47 Å². The van der Waals surface area contributed by atoms with E-state index in [2.05, 4.69) is 32.0 Å². The topological polar surface area (TPSA) is 18.5 Å². The normalized spacial score (nSPS) is 18.6. The molecule has 16 heavy (non-hydrogen) atoms. The van der Waals surface area contributed by atoms with Crippen LogP contribution in [0.25, 0.3) is 0 Å². The summed E-state index contributed by atoms with van der Waals surface area (Å²) in [6.07, 6.45) is 3.19. The molecule has 0 saturated heterocycles. The van der Waals surface area contributed by atoms with Gasteiger partial charge in [-0.25, -0.2) is 0 Å². The maximum atomic E-state index is 5.61. The van der Waals surface area contributed by atoms with E-state index in [0.29, 0.717) is 0 Å². The molecule has 2 heteroatoms. The molecule has 0 bridgehead atoms. The zero-order chi connectivity index (χ0) is 11.5. The van der Waals surface area contributed by atoms with Crippen molar-refractivity contribution in [1.29, 1.82) is 0 Å². The average molecular weight is 220 g/mol. The lowest BCUT2D eigenvalue weighted by molar-refractivity contribution is -0.0367. The molecule has 0 saturated carbocycles. The lowest BCUT2D eigenvalue weighted by Crippen LogP contribution is -2.14. The van der Waals surface area contributed by atoms with Gasteiger partial charge in [0.2, 0.25) is 6.29 Å². The highest BCUT2D eigenvalue weighted by Crippen LogP contribution is 2.30. The Morgan fingerprint density at radius 3 is 2.94 bits per heavy atom. The number of methoxy groups -OCH3 is 1. The molecule has 88 valence electrons. The number of benzene rings is 1. The van der Waals surface area contributed by atoms with Crippen molar-refractivity contribution in [1.82, 2.24) is 0 Å². The summed E-state index contributed by atoms with van der Waals surface area (Å²) in [6, 6.07) is 6.50. The predicted molar refractivity (Wildman–Crippen MR) is 64.7 cm³/mol. The largest absolute Gasteiger partial charge is 0.464 e. The summed E-state index contributed by atoms with van der Waals surface area (Å²) < 4.78 is 10.8. The molecule has 0 fully saturated rings. The van der Waals surface area contributed by atoms with Crippen molar-refractivity contribution in [3.05, 3.63) is 29.3 Å². The van der Waals surface area contributed by atoms with Gasteiger partial charge in [-0.1, -0.05) is 26.0 Å². The van der Waals surface area contributed by atoms with E-state index in [9.17, 15) is 0 Å². The Morgan fingerprint density at radius 2 is 2.25 bits per heavy atom. The highest BCUT2D eigenvalue weighted by molar-refractivity contribution is 5.40. The van der Waals surface area contributed by atoms with E-state index < -0.39 is 0 Å². The second kappa shape index (κ2) is 4.88. The van der Waals surface area contributed by atoms with Gasteiger partial charge in [0.15, 0.2) is 0 Å². The fraction of sp³-hybridized carbons (Fsp3) is 0.571. The highest BCUT2D eigenvalue weighted by atomic mass is 16.7. The van der Waals surface area contributed by atoms with Crippen LogP contribution in [0.5, 0.6) is 5.75 Å². The van der Waals surface area contributed by atoms with E-state index in [1.165, 1.54) is 17.5 Å². The van der Waals surface area contributed by atoms with Gasteiger partial charge in [0.25, 0.3) is 0 Å². The van der Waals surface area contributed by atoms with Crippen molar-refractivity contribution in [3.63, 3.8) is 0 Å². The molecule has 1 atom stereocenters. The molecule has 0 amide bonds. The lowest BCUT2D eigenvalue weighted by atomic mass is 10.0. The van der Waals surface area contributed by atoms with E-state index in [0.717, 1.165) is 24.5 Å². The third-order valence-corrected chi connectivity index (χ3v) is 3.04. The molecule has 0 radical (unpaired) electrons. The molecule has 1 unspecified atom stereocenters. The van der Waals surface area contributed by atoms with Gasteiger partial charge in [-0.05, 0) is 30.4 Å². The SMILES string of the molecule is COC1Cc2cc(CCC(C)C)ccc2O1. The van der Waals surface area contributed by atoms with Crippen LogP contribution in [0.15, 0.2) is 18.2 Å². The van der Waals surface area contributed by atoms with Gasteiger partial charge in [-0.2, -0.15) is 0 Å². The van der Waals surface area contributed by atoms with Gasteiger partial charge in [-0.15, -0.1) is 0 Å². The van der Waals surface area contributed by atoms with E-state index in [1.807, 2.05) is 0 Å². The van der Waals surface area contributed by atoms with E-state index in [1.54, 1.807) is 7.11 Å². The molecule has 0 aliphatic carbocycles. The summed E-state index contributed by atoms with van der Waals surface area (Å²) in [6.45, 7) is 4.52. The maximum absolute atomic E-state index is 5.61. The second-order valence-corrected chi connectivity index (χ2v) is 4.86. The zero-order valence-electron chi connectivity index (χ0n) is 10.3. The molecule has 2 nitrogen and oxygen atoms in total. The minimum absolute atomic E-state index is 0.0876. The van der Waals surface area contributed by atoms with Crippen LogP contribution in [0.1, 0.15) is 31.4 Å². The van der Waals surface area contributed by atoms with Crippen molar-refractivity contribution in [2.45, 2.75) is 39.4 Å². The van der Waals surface area contributed by atoms with Gasteiger partial charge in [0.05, 0.1) is 0 Å². The molecule has 2 rings (SSSR count). The molecule has 1 aromatic rings. The number of hydrogen-bond acceptors (Lipinski definition) is 2.